The molecule has 4 N–H and O–H groups in total. The molecular weight excluding hydrogens is 264 g/mol. The summed E-state index contributed by atoms with van der Waals surface area (Å²) in [5.41, 5.74) is 3.16. The predicted octanol–water partition coefficient (Wildman–Crippen LogP) is 2.44. The lowest BCUT2D eigenvalue weighted by Gasteiger charge is -2.25. The number of hydrogen-bond acceptors (Lipinski definition) is 4. The summed E-state index contributed by atoms with van der Waals surface area (Å²) in [4.78, 5) is 16.6. The summed E-state index contributed by atoms with van der Waals surface area (Å²) in [6, 6.07) is 7.64. The second-order valence-corrected chi connectivity index (χ2v) is 5.55. The number of pyridine rings is 1. The van der Waals surface area contributed by atoms with E-state index >= 15 is 0 Å². The number of carbonyl (C=O) groups is 1. The number of amides is 1. The maximum Gasteiger partial charge on any atom is 0.253 e. The number of hydrazine groups is 1. The van der Waals surface area contributed by atoms with Crippen LogP contribution in [0, 0.1) is 5.92 Å². The highest BCUT2D eigenvalue weighted by Crippen LogP contribution is 2.29. The maximum absolute atomic E-state index is 12.3. The van der Waals surface area contributed by atoms with Crippen molar-refractivity contribution < 1.29 is 4.79 Å². The molecule has 1 saturated carbocycles. The molecule has 3 rings (SSSR count). The van der Waals surface area contributed by atoms with Crippen LogP contribution in [0.1, 0.15) is 36.0 Å². The molecule has 0 radical (unpaired) electrons. The van der Waals surface area contributed by atoms with Crippen molar-refractivity contribution in [3.63, 3.8) is 0 Å². The lowest BCUT2D eigenvalue weighted by atomic mass is 9.83. The highest BCUT2D eigenvalue weighted by Gasteiger charge is 2.18. The van der Waals surface area contributed by atoms with Crippen molar-refractivity contribution in [2.45, 2.75) is 25.7 Å². The number of anilines is 1. The largest absolute Gasteiger partial charge is 0.352 e. The van der Waals surface area contributed by atoms with E-state index in [9.17, 15) is 4.79 Å². The van der Waals surface area contributed by atoms with Crippen LogP contribution < -0.4 is 16.6 Å². The van der Waals surface area contributed by atoms with Crippen LogP contribution in [0.15, 0.2) is 30.5 Å². The monoisotopic (exact) mass is 284 g/mol. The van der Waals surface area contributed by atoms with E-state index in [4.69, 9.17) is 5.84 Å². The van der Waals surface area contributed by atoms with Gasteiger partial charge >= 0.3 is 0 Å². The van der Waals surface area contributed by atoms with Crippen molar-refractivity contribution in [2.24, 2.45) is 11.8 Å². The third-order valence-electron chi connectivity index (χ3n) is 4.24. The van der Waals surface area contributed by atoms with Gasteiger partial charge in [0.1, 0.15) is 5.82 Å². The first-order valence-electron chi connectivity index (χ1n) is 7.42. The van der Waals surface area contributed by atoms with Crippen LogP contribution in [0.4, 0.5) is 5.82 Å². The summed E-state index contributed by atoms with van der Waals surface area (Å²) in [6.45, 7) is 0.731. The molecule has 0 spiro atoms. The Morgan fingerprint density at radius 2 is 2.05 bits per heavy atom. The van der Waals surface area contributed by atoms with Gasteiger partial charge in [-0.1, -0.05) is 43.5 Å². The van der Waals surface area contributed by atoms with Crippen LogP contribution in [-0.4, -0.2) is 17.4 Å². The molecule has 0 saturated heterocycles. The topological polar surface area (TPSA) is 80.0 Å². The van der Waals surface area contributed by atoms with Gasteiger partial charge in [-0.05, 0) is 17.7 Å². The lowest BCUT2D eigenvalue weighted by Crippen LogP contribution is -2.27. The van der Waals surface area contributed by atoms with E-state index < -0.39 is 0 Å². The number of fused-ring (bicyclic) bond motifs is 1. The number of rotatable bonds is 5. The molecule has 0 unspecified atom stereocenters. The zero-order chi connectivity index (χ0) is 14.7. The predicted molar refractivity (Wildman–Crippen MR) is 83.8 cm³/mol. The molecule has 0 atom stereocenters. The molecule has 0 bridgehead atoms. The molecule has 1 aromatic carbocycles. The molecule has 1 aliphatic carbocycles. The van der Waals surface area contributed by atoms with Gasteiger partial charge in [-0.15, -0.1) is 0 Å². The number of hydrogen-bond donors (Lipinski definition) is 3. The molecule has 1 heterocycles. The minimum Gasteiger partial charge on any atom is -0.352 e. The van der Waals surface area contributed by atoms with E-state index in [1.165, 1.54) is 19.3 Å². The van der Waals surface area contributed by atoms with E-state index in [2.05, 4.69) is 15.7 Å². The second-order valence-electron chi connectivity index (χ2n) is 5.55. The highest BCUT2D eigenvalue weighted by atomic mass is 16.1. The van der Waals surface area contributed by atoms with Gasteiger partial charge < -0.3 is 10.7 Å². The molecule has 1 aromatic heterocycles. The van der Waals surface area contributed by atoms with Gasteiger partial charge in [-0.2, -0.15) is 0 Å². The third-order valence-corrected chi connectivity index (χ3v) is 4.24. The van der Waals surface area contributed by atoms with Crippen LogP contribution in [-0.2, 0) is 0 Å². The van der Waals surface area contributed by atoms with Crippen LogP contribution in [0.2, 0.25) is 0 Å². The lowest BCUT2D eigenvalue weighted by molar-refractivity contribution is 0.0950. The quantitative estimate of drug-likeness (QED) is 0.582. The van der Waals surface area contributed by atoms with E-state index in [1.807, 2.05) is 24.3 Å². The van der Waals surface area contributed by atoms with Gasteiger partial charge in [-0.3, -0.25) is 4.79 Å². The van der Waals surface area contributed by atoms with Gasteiger partial charge in [0.2, 0.25) is 0 Å². The average molecular weight is 284 g/mol. The van der Waals surface area contributed by atoms with Crippen molar-refractivity contribution in [3.05, 3.63) is 36.0 Å². The fourth-order valence-electron chi connectivity index (χ4n) is 2.76. The minimum absolute atomic E-state index is 0.0680. The smallest absolute Gasteiger partial charge is 0.253 e. The Hall–Kier alpha value is -2.14. The van der Waals surface area contributed by atoms with Crippen molar-refractivity contribution in [3.8, 4) is 0 Å². The van der Waals surface area contributed by atoms with E-state index in [0.29, 0.717) is 11.4 Å². The molecule has 5 nitrogen and oxygen atoms in total. The summed E-state index contributed by atoms with van der Waals surface area (Å²) in [5, 5.41) is 4.71. The summed E-state index contributed by atoms with van der Waals surface area (Å²) in [7, 11) is 0. The van der Waals surface area contributed by atoms with Crippen LogP contribution in [0.5, 0.6) is 0 Å². The Balaban J connectivity index is 1.77. The minimum atomic E-state index is -0.0680. The summed E-state index contributed by atoms with van der Waals surface area (Å²) in [5.74, 6) is 6.77. The SMILES string of the molecule is NNc1ncc(C(=O)NCCC2CCC2)c2ccccc12. The van der Waals surface area contributed by atoms with Gasteiger partial charge in [0.15, 0.2) is 0 Å². The molecule has 0 aliphatic heterocycles. The molecule has 21 heavy (non-hydrogen) atoms. The Morgan fingerprint density at radius 3 is 2.71 bits per heavy atom. The van der Waals surface area contributed by atoms with Crippen molar-refractivity contribution in [2.75, 3.05) is 12.0 Å². The Kier molecular flexibility index (Phi) is 4.01. The van der Waals surface area contributed by atoms with E-state index in [1.54, 1.807) is 6.20 Å². The van der Waals surface area contributed by atoms with Crippen molar-refractivity contribution in [1.29, 1.82) is 0 Å². The standard InChI is InChI=1S/C16H20N4O/c17-20-15-13-7-2-1-6-12(13)14(10-19-15)16(21)18-9-8-11-4-3-5-11/h1-2,6-7,10-11H,3-5,8-9,17H2,(H,18,21)(H,19,20). The van der Waals surface area contributed by atoms with E-state index in [0.717, 1.165) is 29.7 Å². The first-order valence-corrected chi connectivity index (χ1v) is 7.42. The molecular formula is C16H20N4O. The van der Waals surface area contributed by atoms with Gasteiger partial charge in [0.05, 0.1) is 5.56 Å². The maximum atomic E-state index is 12.3. The fraction of sp³-hybridized carbons (Fsp3) is 0.375. The van der Waals surface area contributed by atoms with Gasteiger partial charge in [0.25, 0.3) is 5.91 Å². The third kappa shape index (κ3) is 2.83. The number of benzene rings is 1. The molecule has 1 aliphatic rings. The second kappa shape index (κ2) is 6.10. The molecule has 2 aromatic rings. The van der Waals surface area contributed by atoms with Crippen LogP contribution >= 0.6 is 0 Å². The Bertz CT molecular complexity index is 652. The average Bonchev–Trinajstić information content (AvgIpc) is 2.48. The van der Waals surface area contributed by atoms with Gasteiger partial charge in [0, 0.05) is 18.1 Å². The first-order chi connectivity index (χ1) is 10.3. The zero-order valence-electron chi connectivity index (χ0n) is 11.9. The summed E-state index contributed by atoms with van der Waals surface area (Å²) < 4.78 is 0. The molecule has 1 fully saturated rings. The highest BCUT2D eigenvalue weighted by molar-refractivity contribution is 6.09. The first kappa shape index (κ1) is 13.8. The number of carbonyl (C=O) groups excluding carboxylic acids is 1. The summed E-state index contributed by atoms with van der Waals surface area (Å²) >= 11 is 0. The van der Waals surface area contributed by atoms with Crippen molar-refractivity contribution in [1.82, 2.24) is 10.3 Å². The molecule has 110 valence electrons. The number of nitrogens with one attached hydrogen (secondary N) is 2. The Labute approximate surface area is 123 Å². The number of nitrogens with zero attached hydrogens (tertiary/aromatic N) is 1. The summed E-state index contributed by atoms with van der Waals surface area (Å²) in [6.07, 6.45) is 6.59. The number of nitrogens with two attached hydrogens (primary N) is 1. The molecule has 1 amide bonds. The van der Waals surface area contributed by atoms with Crippen LogP contribution in [0.3, 0.4) is 0 Å². The van der Waals surface area contributed by atoms with E-state index in [-0.39, 0.29) is 5.91 Å². The number of aromatic nitrogens is 1. The molecule has 5 heteroatoms. The normalized spacial score (nSPS) is 14.7. The Morgan fingerprint density at radius 1 is 1.29 bits per heavy atom. The van der Waals surface area contributed by atoms with Crippen LogP contribution in [0.25, 0.3) is 10.8 Å². The fourth-order valence-corrected chi connectivity index (χ4v) is 2.76. The van der Waals surface area contributed by atoms with Gasteiger partial charge in [-0.25, -0.2) is 10.8 Å². The van der Waals surface area contributed by atoms with Crippen molar-refractivity contribution >= 4 is 22.5 Å². The number of nitrogen functional groups attached to an aromatic ring is 1. The zero-order valence-corrected chi connectivity index (χ0v) is 11.9.